The van der Waals surface area contributed by atoms with Crippen molar-refractivity contribution in [1.29, 1.82) is 0 Å². The first-order chi connectivity index (χ1) is 11.5. The first-order valence-corrected chi connectivity index (χ1v) is 7.35. The molecule has 5 nitrogen and oxygen atoms in total. The largest absolute Gasteiger partial charge is 0.452 e. The van der Waals surface area contributed by atoms with Gasteiger partial charge in [-0.25, -0.2) is 4.79 Å². The van der Waals surface area contributed by atoms with Crippen LogP contribution in [0.25, 0.3) is 6.08 Å². The lowest BCUT2D eigenvalue weighted by atomic mass is 10.1. The van der Waals surface area contributed by atoms with E-state index in [1.807, 2.05) is 30.3 Å². The number of anilines is 1. The van der Waals surface area contributed by atoms with Crippen LogP contribution in [0.3, 0.4) is 0 Å². The molecule has 1 amide bonds. The number of carbonyl (C=O) groups is 3. The molecule has 0 aliphatic carbocycles. The Bertz CT molecular complexity index is 766. The Balaban J connectivity index is 1.82. The summed E-state index contributed by atoms with van der Waals surface area (Å²) in [6.45, 7) is 1.05. The Labute approximate surface area is 140 Å². The molecule has 122 valence electrons. The molecule has 1 N–H and O–H groups in total. The van der Waals surface area contributed by atoms with Crippen LogP contribution in [-0.4, -0.2) is 24.3 Å². The number of nitrogens with one attached hydrogen (secondary N) is 1. The maximum Gasteiger partial charge on any atom is 0.331 e. The minimum Gasteiger partial charge on any atom is -0.452 e. The highest BCUT2D eigenvalue weighted by molar-refractivity contribution is 5.98. The zero-order valence-corrected chi connectivity index (χ0v) is 13.2. The highest BCUT2D eigenvalue weighted by Crippen LogP contribution is 2.11. The van der Waals surface area contributed by atoms with Crippen molar-refractivity contribution in [2.75, 3.05) is 11.9 Å². The summed E-state index contributed by atoms with van der Waals surface area (Å²) in [5.74, 6) is -1.17. The fourth-order valence-electron chi connectivity index (χ4n) is 1.93. The number of Topliss-reactive ketones (excluding diaryl/α,β-unsaturated/α-hetero) is 1. The van der Waals surface area contributed by atoms with Gasteiger partial charge in [-0.1, -0.05) is 42.5 Å². The van der Waals surface area contributed by atoms with Crippen LogP contribution >= 0.6 is 0 Å². The van der Waals surface area contributed by atoms with Crippen LogP contribution in [0.1, 0.15) is 22.8 Å². The Kier molecular flexibility index (Phi) is 6.02. The lowest BCUT2D eigenvalue weighted by Gasteiger charge is -2.06. The van der Waals surface area contributed by atoms with Crippen LogP contribution in [0.4, 0.5) is 5.69 Å². The first-order valence-electron chi connectivity index (χ1n) is 7.35. The quantitative estimate of drug-likeness (QED) is 0.504. The number of ketones is 1. The normalized spacial score (nSPS) is 10.4. The molecule has 2 aromatic rings. The van der Waals surface area contributed by atoms with E-state index in [1.165, 1.54) is 13.0 Å². The van der Waals surface area contributed by atoms with E-state index in [9.17, 15) is 14.4 Å². The van der Waals surface area contributed by atoms with Crippen molar-refractivity contribution in [1.82, 2.24) is 0 Å². The molecular formula is C19H17NO4. The molecule has 0 saturated heterocycles. The summed E-state index contributed by atoms with van der Waals surface area (Å²) in [4.78, 5) is 34.7. The fraction of sp³-hybridized carbons (Fsp3) is 0.105. The average Bonchev–Trinajstić information content (AvgIpc) is 2.59. The summed E-state index contributed by atoms with van der Waals surface area (Å²) in [5, 5.41) is 2.57. The minimum absolute atomic E-state index is 0.0939. The molecule has 24 heavy (non-hydrogen) atoms. The summed E-state index contributed by atoms with van der Waals surface area (Å²) in [6, 6.07) is 15.8. The van der Waals surface area contributed by atoms with Crippen molar-refractivity contribution >= 4 is 29.4 Å². The molecule has 5 heteroatoms. The van der Waals surface area contributed by atoms with Crippen molar-refractivity contribution in [2.45, 2.75) is 6.92 Å². The molecule has 0 atom stereocenters. The minimum atomic E-state index is -0.605. The van der Waals surface area contributed by atoms with Gasteiger partial charge in [0.25, 0.3) is 5.91 Å². The average molecular weight is 323 g/mol. The molecule has 0 bridgehead atoms. The molecular weight excluding hydrogens is 306 g/mol. The van der Waals surface area contributed by atoms with Gasteiger partial charge in [-0.3, -0.25) is 9.59 Å². The second-order valence-electron chi connectivity index (χ2n) is 5.04. The van der Waals surface area contributed by atoms with Gasteiger partial charge in [-0.15, -0.1) is 0 Å². The highest BCUT2D eigenvalue weighted by Gasteiger charge is 2.07. The Hall–Kier alpha value is -3.21. The van der Waals surface area contributed by atoms with Crippen molar-refractivity contribution < 1.29 is 19.1 Å². The van der Waals surface area contributed by atoms with Crippen molar-refractivity contribution in [3.8, 4) is 0 Å². The molecule has 0 saturated carbocycles. The number of carbonyl (C=O) groups excluding carboxylic acids is 3. The van der Waals surface area contributed by atoms with Gasteiger partial charge in [-0.2, -0.15) is 0 Å². The van der Waals surface area contributed by atoms with Gasteiger partial charge in [0.05, 0.1) is 0 Å². The summed E-state index contributed by atoms with van der Waals surface area (Å²) in [5.41, 5.74) is 1.83. The molecule has 0 unspecified atom stereocenters. The van der Waals surface area contributed by atoms with Gasteiger partial charge in [-0.05, 0) is 30.7 Å². The van der Waals surface area contributed by atoms with Crippen molar-refractivity contribution in [3.05, 3.63) is 71.8 Å². The monoisotopic (exact) mass is 323 g/mol. The van der Waals surface area contributed by atoms with Crippen LogP contribution in [-0.2, 0) is 14.3 Å². The number of rotatable bonds is 6. The Morgan fingerprint density at radius 2 is 1.79 bits per heavy atom. The summed E-state index contributed by atoms with van der Waals surface area (Å²) in [7, 11) is 0. The molecule has 0 heterocycles. The summed E-state index contributed by atoms with van der Waals surface area (Å²) in [6.07, 6.45) is 2.87. The topological polar surface area (TPSA) is 72.5 Å². The van der Waals surface area contributed by atoms with Crippen molar-refractivity contribution in [3.63, 3.8) is 0 Å². The van der Waals surface area contributed by atoms with Crippen molar-refractivity contribution in [2.24, 2.45) is 0 Å². The molecule has 2 rings (SSSR count). The SMILES string of the molecule is CC(=O)c1cccc(NC(=O)COC(=O)C=Cc2ccccc2)c1. The van der Waals surface area contributed by atoms with Crippen LogP contribution in [0.5, 0.6) is 0 Å². The van der Waals surface area contributed by atoms with E-state index in [0.29, 0.717) is 11.3 Å². The smallest absolute Gasteiger partial charge is 0.331 e. The predicted molar refractivity (Wildman–Crippen MR) is 91.5 cm³/mol. The zero-order valence-electron chi connectivity index (χ0n) is 13.2. The van der Waals surface area contributed by atoms with E-state index in [4.69, 9.17) is 4.74 Å². The van der Waals surface area contributed by atoms with E-state index < -0.39 is 18.5 Å². The van der Waals surface area contributed by atoms with Gasteiger partial charge in [0.2, 0.25) is 0 Å². The predicted octanol–water partition coefficient (Wildman–Crippen LogP) is 3.08. The highest BCUT2D eigenvalue weighted by atomic mass is 16.5. The zero-order chi connectivity index (χ0) is 17.4. The van der Waals surface area contributed by atoms with E-state index in [1.54, 1.807) is 30.3 Å². The molecule has 0 fully saturated rings. The number of esters is 1. The maximum absolute atomic E-state index is 11.8. The molecule has 0 spiro atoms. The number of hydrogen-bond acceptors (Lipinski definition) is 4. The van der Waals surface area contributed by atoms with Gasteiger partial charge in [0.1, 0.15) is 0 Å². The second-order valence-corrected chi connectivity index (χ2v) is 5.04. The maximum atomic E-state index is 11.8. The van der Waals surface area contributed by atoms with Gasteiger partial charge < -0.3 is 10.1 Å². The third-order valence-electron chi connectivity index (χ3n) is 3.11. The van der Waals surface area contributed by atoms with Gasteiger partial charge >= 0.3 is 5.97 Å². The number of amides is 1. The summed E-state index contributed by atoms with van der Waals surface area (Å²) >= 11 is 0. The number of benzene rings is 2. The third kappa shape index (κ3) is 5.53. The first kappa shape index (κ1) is 17.1. The third-order valence-corrected chi connectivity index (χ3v) is 3.11. The van der Waals surface area contributed by atoms with Gasteiger partial charge in [0, 0.05) is 17.3 Å². The standard InChI is InChI=1S/C19H17NO4/c1-14(21)16-8-5-9-17(12-16)20-18(22)13-24-19(23)11-10-15-6-3-2-4-7-15/h2-12H,13H2,1H3,(H,20,22). The molecule has 2 aromatic carbocycles. The van der Waals surface area contributed by atoms with E-state index in [2.05, 4.69) is 5.32 Å². The second kappa shape index (κ2) is 8.43. The van der Waals surface area contributed by atoms with E-state index >= 15 is 0 Å². The fourth-order valence-corrected chi connectivity index (χ4v) is 1.93. The molecule has 0 aromatic heterocycles. The summed E-state index contributed by atoms with van der Waals surface area (Å²) < 4.78 is 4.87. The Morgan fingerprint density at radius 3 is 2.50 bits per heavy atom. The lowest BCUT2D eigenvalue weighted by molar-refractivity contribution is -0.142. The number of ether oxygens (including phenoxy) is 1. The lowest BCUT2D eigenvalue weighted by Crippen LogP contribution is -2.20. The van der Waals surface area contributed by atoms with Gasteiger partial charge in [0.15, 0.2) is 12.4 Å². The van der Waals surface area contributed by atoms with E-state index in [-0.39, 0.29) is 5.78 Å². The molecule has 0 aliphatic heterocycles. The molecule has 0 radical (unpaired) electrons. The van der Waals surface area contributed by atoms with Crippen LogP contribution < -0.4 is 5.32 Å². The van der Waals surface area contributed by atoms with E-state index in [0.717, 1.165) is 5.56 Å². The van der Waals surface area contributed by atoms with Crippen LogP contribution in [0.15, 0.2) is 60.7 Å². The van der Waals surface area contributed by atoms with Crippen LogP contribution in [0.2, 0.25) is 0 Å². The number of hydrogen-bond donors (Lipinski definition) is 1. The van der Waals surface area contributed by atoms with Crippen LogP contribution in [0, 0.1) is 0 Å². The Morgan fingerprint density at radius 1 is 1.04 bits per heavy atom. The molecule has 0 aliphatic rings.